The van der Waals surface area contributed by atoms with Gasteiger partial charge in [0.2, 0.25) is 0 Å². The average molecular weight is 187 g/mol. The van der Waals surface area contributed by atoms with Crippen LogP contribution in [-0.2, 0) is 0 Å². The van der Waals surface area contributed by atoms with Gasteiger partial charge in [0.25, 0.3) is 0 Å². The molecular formula is C14H19. The average Bonchev–Trinajstić information content (AvgIpc) is 2.11. The number of hydrogen-bond donors (Lipinski definition) is 0. The molecular weight excluding hydrogens is 168 g/mol. The quantitative estimate of drug-likeness (QED) is 0.536. The predicted octanol–water partition coefficient (Wildman–Crippen LogP) is 4.07. The van der Waals surface area contributed by atoms with Gasteiger partial charge in [0, 0.05) is 6.42 Å². The first-order chi connectivity index (χ1) is 6.58. The molecule has 0 spiro atoms. The zero-order valence-electron chi connectivity index (χ0n) is 9.65. The molecule has 1 atom stereocenters. The van der Waals surface area contributed by atoms with Crippen molar-refractivity contribution in [1.29, 1.82) is 0 Å². The van der Waals surface area contributed by atoms with Crippen molar-refractivity contribution in [3.8, 4) is 0 Å². The summed E-state index contributed by atoms with van der Waals surface area (Å²) in [7, 11) is 0. The maximum atomic E-state index is 2.42. The summed E-state index contributed by atoms with van der Waals surface area (Å²) in [4.78, 5) is 0. The van der Waals surface area contributed by atoms with E-state index in [9.17, 15) is 0 Å². The van der Waals surface area contributed by atoms with Crippen molar-refractivity contribution in [1.82, 2.24) is 0 Å². The zero-order chi connectivity index (χ0) is 10.3. The Morgan fingerprint density at radius 2 is 1.86 bits per heavy atom. The van der Waals surface area contributed by atoms with Crippen LogP contribution >= 0.6 is 0 Å². The van der Waals surface area contributed by atoms with Gasteiger partial charge in [-0.25, -0.2) is 0 Å². The molecule has 2 rings (SSSR count). The van der Waals surface area contributed by atoms with E-state index in [0.717, 1.165) is 0 Å². The Kier molecular flexibility index (Phi) is 2.55. The maximum absolute atomic E-state index is 2.42. The van der Waals surface area contributed by atoms with E-state index in [1.54, 1.807) is 17.1 Å². The fourth-order valence-corrected chi connectivity index (χ4v) is 2.26. The largest absolute Gasteiger partial charge is 0.0697 e. The van der Waals surface area contributed by atoms with Crippen LogP contribution in [0.25, 0.3) is 0 Å². The Morgan fingerprint density at radius 3 is 2.57 bits per heavy atom. The molecule has 0 nitrogen and oxygen atoms in total. The third-order valence-corrected chi connectivity index (χ3v) is 3.63. The molecule has 1 unspecified atom stereocenters. The van der Waals surface area contributed by atoms with Crippen LogP contribution in [0.15, 0.2) is 22.3 Å². The molecule has 2 aliphatic carbocycles. The Labute approximate surface area is 88.1 Å². The SMILES string of the molecule is C[C]1CC2=C([CH]C(C)=C(C)C2)[CH]C1C. The minimum atomic E-state index is 0.663. The van der Waals surface area contributed by atoms with Crippen molar-refractivity contribution in [3.05, 3.63) is 41.1 Å². The highest BCUT2D eigenvalue weighted by atomic mass is 14.3. The predicted molar refractivity (Wildman–Crippen MR) is 61.3 cm³/mol. The second-order valence-electron chi connectivity index (χ2n) is 4.82. The molecule has 0 saturated carbocycles. The van der Waals surface area contributed by atoms with Crippen molar-refractivity contribution in [2.75, 3.05) is 0 Å². The Hall–Kier alpha value is -0.520. The van der Waals surface area contributed by atoms with Gasteiger partial charge in [0.05, 0.1) is 0 Å². The van der Waals surface area contributed by atoms with E-state index in [1.807, 2.05) is 0 Å². The fraction of sp³-hybridized carbons (Fsp3) is 0.500. The first-order valence-corrected chi connectivity index (χ1v) is 5.48. The lowest BCUT2D eigenvalue weighted by molar-refractivity contribution is 0.620. The molecule has 0 heterocycles. The molecule has 3 radical (unpaired) electrons. The number of allylic oxidation sites excluding steroid dienone is 4. The molecule has 0 heteroatoms. The van der Waals surface area contributed by atoms with Crippen molar-refractivity contribution in [2.24, 2.45) is 5.92 Å². The standard InChI is InChI=1S/C14H19/c1-9-5-13-7-11(3)12(4)8-14(13)6-10(9)2/h5,7,9H,6,8H2,1-4H3. The summed E-state index contributed by atoms with van der Waals surface area (Å²) in [6.07, 6.45) is 7.19. The van der Waals surface area contributed by atoms with Gasteiger partial charge in [-0.3, -0.25) is 0 Å². The molecule has 2 aliphatic rings. The molecule has 0 bridgehead atoms. The summed E-state index contributed by atoms with van der Waals surface area (Å²) >= 11 is 0. The smallest absolute Gasteiger partial charge is 0.0116 e. The first kappa shape index (κ1) is 10.0. The van der Waals surface area contributed by atoms with Crippen LogP contribution in [0.2, 0.25) is 0 Å². The molecule has 0 aliphatic heterocycles. The summed E-state index contributed by atoms with van der Waals surface area (Å²) in [5.74, 6) is 2.28. The third-order valence-electron chi connectivity index (χ3n) is 3.63. The lowest BCUT2D eigenvalue weighted by atomic mass is 9.72. The highest BCUT2D eigenvalue weighted by Gasteiger charge is 2.27. The van der Waals surface area contributed by atoms with E-state index in [-0.39, 0.29) is 0 Å². The van der Waals surface area contributed by atoms with Gasteiger partial charge in [-0.05, 0) is 44.9 Å². The van der Waals surface area contributed by atoms with E-state index in [4.69, 9.17) is 0 Å². The van der Waals surface area contributed by atoms with Crippen molar-refractivity contribution >= 4 is 0 Å². The van der Waals surface area contributed by atoms with Crippen LogP contribution in [0.4, 0.5) is 0 Å². The second kappa shape index (κ2) is 3.56. The van der Waals surface area contributed by atoms with Crippen LogP contribution in [-0.4, -0.2) is 0 Å². The summed E-state index contributed by atoms with van der Waals surface area (Å²) in [6.45, 7) is 9.06. The van der Waals surface area contributed by atoms with Gasteiger partial charge in [-0.1, -0.05) is 36.1 Å². The Morgan fingerprint density at radius 1 is 1.14 bits per heavy atom. The van der Waals surface area contributed by atoms with Crippen LogP contribution in [0.3, 0.4) is 0 Å². The van der Waals surface area contributed by atoms with Crippen LogP contribution in [0.1, 0.15) is 40.5 Å². The number of hydrogen-bond acceptors (Lipinski definition) is 0. The molecule has 0 fully saturated rings. The van der Waals surface area contributed by atoms with Gasteiger partial charge in [0.1, 0.15) is 0 Å². The van der Waals surface area contributed by atoms with Crippen LogP contribution in [0, 0.1) is 24.7 Å². The van der Waals surface area contributed by atoms with E-state index in [0.29, 0.717) is 5.92 Å². The molecule has 0 aromatic heterocycles. The Bertz CT molecular complexity index is 274. The summed E-state index contributed by atoms with van der Waals surface area (Å²) < 4.78 is 0. The minimum Gasteiger partial charge on any atom is -0.0697 e. The van der Waals surface area contributed by atoms with Crippen molar-refractivity contribution in [3.63, 3.8) is 0 Å². The van der Waals surface area contributed by atoms with E-state index in [2.05, 4.69) is 40.5 Å². The fourth-order valence-electron chi connectivity index (χ4n) is 2.26. The highest BCUT2D eigenvalue weighted by Crippen LogP contribution is 2.42. The van der Waals surface area contributed by atoms with E-state index < -0.39 is 0 Å². The topological polar surface area (TPSA) is 0 Å². The summed E-state index contributed by atoms with van der Waals surface area (Å²) in [6, 6.07) is 0. The highest BCUT2D eigenvalue weighted by molar-refractivity contribution is 5.49. The Balaban J connectivity index is 2.20. The van der Waals surface area contributed by atoms with Gasteiger partial charge in [-0.2, -0.15) is 0 Å². The summed E-state index contributed by atoms with van der Waals surface area (Å²) in [5, 5.41) is 0. The molecule has 14 heavy (non-hydrogen) atoms. The van der Waals surface area contributed by atoms with E-state index >= 15 is 0 Å². The van der Waals surface area contributed by atoms with Crippen LogP contribution in [0.5, 0.6) is 0 Å². The lowest BCUT2D eigenvalue weighted by Gasteiger charge is -2.33. The molecule has 75 valence electrons. The molecule has 0 amide bonds. The first-order valence-electron chi connectivity index (χ1n) is 5.48. The minimum absolute atomic E-state index is 0.663. The molecule has 0 aromatic rings. The summed E-state index contributed by atoms with van der Waals surface area (Å²) in [5.41, 5.74) is 6.14. The molecule has 0 aromatic carbocycles. The molecule has 0 N–H and O–H groups in total. The normalized spacial score (nSPS) is 29.6. The van der Waals surface area contributed by atoms with Crippen LogP contribution < -0.4 is 0 Å². The van der Waals surface area contributed by atoms with E-state index in [1.165, 1.54) is 24.0 Å². The number of rotatable bonds is 0. The van der Waals surface area contributed by atoms with Gasteiger partial charge >= 0.3 is 0 Å². The maximum Gasteiger partial charge on any atom is 0.0116 e. The zero-order valence-corrected chi connectivity index (χ0v) is 9.65. The second-order valence-corrected chi connectivity index (χ2v) is 4.82. The lowest BCUT2D eigenvalue weighted by Crippen LogP contribution is -2.19. The van der Waals surface area contributed by atoms with Gasteiger partial charge < -0.3 is 0 Å². The third kappa shape index (κ3) is 1.67. The van der Waals surface area contributed by atoms with Crippen molar-refractivity contribution in [2.45, 2.75) is 40.5 Å². The van der Waals surface area contributed by atoms with Crippen molar-refractivity contribution < 1.29 is 0 Å². The monoisotopic (exact) mass is 187 g/mol. The molecule has 0 saturated heterocycles. The van der Waals surface area contributed by atoms with Gasteiger partial charge in [-0.15, -0.1) is 0 Å². The van der Waals surface area contributed by atoms with Gasteiger partial charge in [0.15, 0.2) is 0 Å².